The second-order valence-electron chi connectivity index (χ2n) is 3.91. The molecule has 1 atom stereocenters. The van der Waals surface area contributed by atoms with E-state index in [0.29, 0.717) is 0 Å². The molecule has 18 heavy (non-hydrogen) atoms. The normalized spacial score (nSPS) is 23.4. The molecular weight excluding hydrogens is 247 g/mol. The average molecular weight is 256 g/mol. The topological polar surface area (TPSA) is 43.4 Å². The predicted molar refractivity (Wildman–Crippen MR) is 55.4 cm³/mol. The summed E-state index contributed by atoms with van der Waals surface area (Å²) >= 11 is 0. The molecule has 0 spiro atoms. The third kappa shape index (κ3) is 1.64. The maximum Gasteiger partial charge on any atom is 0.419 e. The number of amides is 1. The number of carboxylic acid groups (broad SMARTS) is 1. The summed E-state index contributed by atoms with van der Waals surface area (Å²) in [4.78, 5) is 11.2. The molecule has 0 bridgehead atoms. The molecular formula is C12H9F3NO2-. The van der Waals surface area contributed by atoms with Gasteiger partial charge in [0.1, 0.15) is 6.09 Å². The summed E-state index contributed by atoms with van der Waals surface area (Å²) in [6.45, 7) is -0.337. The number of halogens is 3. The summed E-state index contributed by atoms with van der Waals surface area (Å²) in [6.07, 6.45) is -4.56. The molecule has 0 N–H and O–H groups in total. The van der Waals surface area contributed by atoms with E-state index >= 15 is 0 Å². The van der Waals surface area contributed by atoms with Crippen LogP contribution in [0.15, 0.2) is 42.5 Å². The predicted octanol–water partition coefficient (Wildman–Crippen LogP) is 1.66. The summed E-state index contributed by atoms with van der Waals surface area (Å²) in [5.41, 5.74) is -2.79. The molecule has 1 aliphatic rings. The number of carbonyl (C=O) groups excluding carboxylic acids is 1. The van der Waals surface area contributed by atoms with Crippen LogP contribution in [-0.2, 0) is 5.54 Å². The zero-order valence-electron chi connectivity index (χ0n) is 9.15. The Kier molecular flexibility index (Phi) is 2.80. The van der Waals surface area contributed by atoms with Crippen molar-refractivity contribution < 1.29 is 23.1 Å². The largest absolute Gasteiger partial charge is 0.530 e. The van der Waals surface area contributed by atoms with E-state index in [9.17, 15) is 23.1 Å². The molecule has 0 aromatic heterocycles. The molecule has 0 fully saturated rings. The Hall–Kier alpha value is -1.98. The minimum atomic E-state index is -4.75. The van der Waals surface area contributed by atoms with Gasteiger partial charge in [0.15, 0.2) is 5.54 Å². The van der Waals surface area contributed by atoms with Crippen LogP contribution in [-0.4, -0.2) is 23.7 Å². The minimum Gasteiger partial charge on any atom is -0.530 e. The number of alkyl halides is 3. The van der Waals surface area contributed by atoms with Crippen LogP contribution in [0.4, 0.5) is 18.0 Å². The zero-order chi connectivity index (χ0) is 13.4. The Bertz CT molecular complexity index is 484. The summed E-state index contributed by atoms with van der Waals surface area (Å²) in [7, 11) is 0. The molecule has 2 rings (SSSR count). The van der Waals surface area contributed by atoms with Gasteiger partial charge in [-0.15, -0.1) is 0 Å². The Morgan fingerprint density at radius 2 is 1.89 bits per heavy atom. The van der Waals surface area contributed by atoms with Crippen molar-refractivity contribution in [2.24, 2.45) is 0 Å². The van der Waals surface area contributed by atoms with Crippen molar-refractivity contribution in [1.82, 2.24) is 4.90 Å². The molecule has 96 valence electrons. The van der Waals surface area contributed by atoms with Crippen LogP contribution in [0.3, 0.4) is 0 Å². The highest BCUT2D eigenvalue weighted by atomic mass is 19.4. The van der Waals surface area contributed by atoms with Crippen molar-refractivity contribution in [3.05, 3.63) is 48.0 Å². The summed E-state index contributed by atoms with van der Waals surface area (Å²) in [5, 5.41) is 10.9. The third-order valence-electron chi connectivity index (χ3n) is 2.94. The van der Waals surface area contributed by atoms with Crippen LogP contribution in [0, 0.1) is 0 Å². The van der Waals surface area contributed by atoms with Gasteiger partial charge in [0, 0.05) is 6.54 Å². The second kappa shape index (κ2) is 4.04. The molecule has 1 aromatic rings. The van der Waals surface area contributed by atoms with Crippen molar-refractivity contribution in [3.8, 4) is 0 Å². The van der Waals surface area contributed by atoms with Gasteiger partial charge in [0.05, 0.1) is 0 Å². The van der Waals surface area contributed by atoms with Gasteiger partial charge in [-0.05, 0) is 11.6 Å². The molecule has 6 heteroatoms. The van der Waals surface area contributed by atoms with E-state index in [1.165, 1.54) is 30.3 Å². The van der Waals surface area contributed by atoms with E-state index in [1.54, 1.807) is 6.07 Å². The number of hydrogen-bond donors (Lipinski definition) is 0. The van der Waals surface area contributed by atoms with Gasteiger partial charge < -0.3 is 14.8 Å². The van der Waals surface area contributed by atoms with E-state index in [1.807, 2.05) is 0 Å². The van der Waals surface area contributed by atoms with Gasteiger partial charge in [-0.1, -0.05) is 36.4 Å². The van der Waals surface area contributed by atoms with Gasteiger partial charge in [-0.2, -0.15) is 13.2 Å². The fourth-order valence-corrected chi connectivity index (χ4v) is 2.14. The summed E-state index contributed by atoms with van der Waals surface area (Å²) < 4.78 is 40.0. The van der Waals surface area contributed by atoms with Crippen molar-refractivity contribution in [1.29, 1.82) is 0 Å². The Balaban J connectivity index is 2.62. The van der Waals surface area contributed by atoms with Crippen molar-refractivity contribution in [2.45, 2.75) is 11.7 Å². The molecule has 1 aliphatic heterocycles. The van der Waals surface area contributed by atoms with Crippen molar-refractivity contribution in [3.63, 3.8) is 0 Å². The maximum absolute atomic E-state index is 13.3. The maximum atomic E-state index is 13.3. The summed E-state index contributed by atoms with van der Waals surface area (Å²) in [5.74, 6) is 0. The van der Waals surface area contributed by atoms with Crippen LogP contribution >= 0.6 is 0 Å². The van der Waals surface area contributed by atoms with E-state index < -0.39 is 17.8 Å². The molecule has 0 saturated carbocycles. The van der Waals surface area contributed by atoms with Gasteiger partial charge in [-0.25, -0.2) is 0 Å². The van der Waals surface area contributed by atoms with Crippen molar-refractivity contribution >= 4 is 6.09 Å². The van der Waals surface area contributed by atoms with Crippen molar-refractivity contribution in [2.75, 3.05) is 6.54 Å². The number of nitrogens with zero attached hydrogens (tertiary/aromatic N) is 1. The summed E-state index contributed by atoms with van der Waals surface area (Å²) in [6, 6.07) is 6.93. The Morgan fingerprint density at radius 3 is 2.39 bits per heavy atom. The standard InChI is InChI=1S/C12H10F3NO2/c13-12(14,15)11(9-5-2-1-3-6-9)7-4-8-16(11)10(17)18/h1-7H,8H2,(H,17,18)/p-1. The Labute approximate surface area is 101 Å². The van der Waals surface area contributed by atoms with Crippen LogP contribution in [0.1, 0.15) is 5.56 Å². The van der Waals surface area contributed by atoms with Crippen LogP contribution in [0.5, 0.6) is 0 Å². The van der Waals surface area contributed by atoms with Crippen LogP contribution in [0.2, 0.25) is 0 Å². The van der Waals surface area contributed by atoms with E-state index in [-0.39, 0.29) is 17.0 Å². The second-order valence-corrected chi connectivity index (χ2v) is 3.91. The number of hydrogen-bond acceptors (Lipinski definition) is 2. The first-order valence-electron chi connectivity index (χ1n) is 5.18. The van der Waals surface area contributed by atoms with E-state index in [4.69, 9.17) is 0 Å². The lowest BCUT2D eigenvalue weighted by atomic mass is 9.89. The monoisotopic (exact) mass is 256 g/mol. The lowest BCUT2D eigenvalue weighted by molar-refractivity contribution is -0.287. The highest BCUT2D eigenvalue weighted by molar-refractivity contribution is 5.67. The fourth-order valence-electron chi connectivity index (χ4n) is 2.14. The number of benzene rings is 1. The quantitative estimate of drug-likeness (QED) is 0.717. The van der Waals surface area contributed by atoms with Crippen LogP contribution in [0.25, 0.3) is 0 Å². The average Bonchev–Trinajstić information content (AvgIpc) is 2.75. The number of carbonyl (C=O) groups is 1. The lowest BCUT2D eigenvalue weighted by Gasteiger charge is -2.41. The molecule has 0 radical (unpaired) electrons. The molecule has 0 aliphatic carbocycles. The first-order valence-corrected chi connectivity index (χ1v) is 5.18. The molecule has 1 amide bonds. The SMILES string of the molecule is O=C([O-])N1CC=CC1(c1ccccc1)C(F)(F)F. The third-order valence-corrected chi connectivity index (χ3v) is 2.94. The fraction of sp³-hybridized carbons (Fsp3) is 0.250. The smallest absolute Gasteiger partial charge is 0.419 e. The lowest BCUT2D eigenvalue weighted by Crippen LogP contribution is -2.58. The van der Waals surface area contributed by atoms with Gasteiger partial charge in [0.2, 0.25) is 0 Å². The zero-order valence-corrected chi connectivity index (χ0v) is 9.15. The van der Waals surface area contributed by atoms with Gasteiger partial charge in [-0.3, -0.25) is 0 Å². The molecule has 1 unspecified atom stereocenters. The first kappa shape index (κ1) is 12.5. The molecule has 0 saturated heterocycles. The molecule has 1 aromatic carbocycles. The highest BCUT2D eigenvalue weighted by Crippen LogP contribution is 2.47. The Morgan fingerprint density at radius 1 is 1.28 bits per heavy atom. The van der Waals surface area contributed by atoms with E-state index in [0.717, 1.165) is 6.08 Å². The van der Waals surface area contributed by atoms with Crippen LogP contribution < -0.4 is 5.11 Å². The number of rotatable bonds is 1. The highest BCUT2D eigenvalue weighted by Gasteiger charge is 2.59. The van der Waals surface area contributed by atoms with E-state index in [2.05, 4.69) is 0 Å². The molecule has 1 heterocycles. The minimum absolute atomic E-state index is 0.143. The van der Waals surface area contributed by atoms with Gasteiger partial charge in [0.25, 0.3) is 0 Å². The molecule has 3 nitrogen and oxygen atoms in total. The first-order chi connectivity index (χ1) is 8.39. The van der Waals surface area contributed by atoms with Gasteiger partial charge >= 0.3 is 6.18 Å².